The summed E-state index contributed by atoms with van der Waals surface area (Å²) in [4.78, 5) is 13.8. The van der Waals surface area contributed by atoms with E-state index in [1.54, 1.807) is 4.90 Å². The molecule has 1 saturated heterocycles. The van der Waals surface area contributed by atoms with Crippen LogP contribution in [0.5, 0.6) is 0 Å². The molecule has 0 saturated carbocycles. The van der Waals surface area contributed by atoms with Gasteiger partial charge in [0.25, 0.3) is 0 Å². The summed E-state index contributed by atoms with van der Waals surface area (Å²) in [6.45, 7) is 18.6. The van der Waals surface area contributed by atoms with Crippen molar-refractivity contribution < 1.29 is 19.1 Å². The largest absolute Gasteiger partial charge is 0.444 e. The van der Waals surface area contributed by atoms with Crippen LogP contribution >= 0.6 is 0 Å². The van der Waals surface area contributed by atoms with E-state index >= 15 is 0 Å². The first kappa shape index (κ1) is 22.4. The Balaban J connectivity index is 2.37. The zero-order chi connectivity index (χ0) is 19.5. The molecule has 1 aliphatic heterocycles. The molecule has 0 aliphatic carbocycles. The van der Waals surface area contributed by atoms with E-state index in [9.17, 15) is 9.90 Å². The van der Waals surface area contributed by atoms with Gasteiger partial charge in [0.05, 0.1) is 5.60 Å². The summed E-state index contributed by atoms with van der Waals surface area (Å²) in [5, 5.41) is 11.0. The Kier molecular flexibility index (Phi) is 7.15. The molecule has 0 spiro atoms. The molecule has 0 aromatic heterocycles. The van der Waals surface area contributed by atoms with Gasteiger partial charge in [-0.05, 0) is 64.6 Å². The van der Waals surface area contributed by atoms with Crippen molar-refractivity contribution in [2.45, 2.75) is 96.6 Å². The number of carbonyl (C=O) groups excluding carboxylic acids is 1. The second-order valence-corrected chi connectivity index (χ2v) is 14.7. The van der Waals surface area contributed by atoms with Crippen molar-refractivity contribution >= 4 is 14.4 Å². The summed E-state index contributed by atoms with van der Waals surface area (Å²) >= 11 is 0. The third-order valence-corrected chi connectivity index (χ3v) is 9.94. The van der Waals surface area contributed by atoms with Crippen LogP contribution < -0.4 is 0 Å². The lowest BCUT2D eigenvalue weighted by Gasteiger charge is -2.39. The smallest absolute Gasteiger partial charge is 0.410 e. The lowest BCUT2D eigenvalue weighted by Crippen LogP contribution is -2.48. The molecule has 1 rings (SSSR count). The first-order valence-electron chi connectivity index (χ1n) is 9.50. The fourth-order valence-corrected chi connectivity index (χ4v) is 3.71. The number of hydrogen-bond donors (Lipinski definition) is 1. The molecule has 1 amide bonds. The molecule has 5 nitrogen and oxygen atoms in total. The van der Waals surface area contributed by atoms with Crippen molar-refractivity contribution in [2.24, 2.45) is 0 Å². The van der Waals surface area contributed by atoms with E-state index in [1.807, 2.05) is 20.8 Å². The van der Waals surface area contributed by atoms with Crippen LogP contribution in [0.4, 0.5) is 4.79 Å². The second kappa shape index (κ2) is 7.97. The van der Waals surface area contributed by atoms with Gasteiger partial charge in [-0.2, -0.15) is 0 Å². The SMILES string of the molecule is CC(C)(C)OC(=O)N1CCC(O)(CCCO[Si](C)(C)C(C)(C)C)CC1. The summed E-state index contributed by atoms with van der Waals surface area (Å²) in [6.07, 6.45) is 2.51. The zero-order valence-electron chi connectivity index (χ0n) is 17.6. The van der Waals surface area contributed by atoms with Gasteiger partial charge < -0.3 is 19.2 Å². The lowest BCUT2D eigenvalue weighted by atomic mass is 9.87. The highest BCUT2D eigenvalue weighted by Gasteiger charge is 2.38. The van der Waals surface area contributed by atoms with E-state index in [1.165, 1.54) is 0 Å². The Morgan fingerprint density at radius 2 is 1.64 bits per heavy atom. The fourth-order valence-electron chi connectivity index (χ4n) is 2.63. The summed E-state index contributed by atoms with van der Waals surface area (Å²) in [6, 6.07) is 0. The zero-order valence-corrected chi connectivity index (χ0v) is 18.6. The van der Waals surface area contributed by atoms with Crippen LogP contribution in [0.15, 0.2) is 0 Å². The van der Waals surface area contributed by atoms with Crippen LogP contribution in [-0.2, 0) is 9.16 Å². The number of likely N-dealkylation sites (tertiary alicyclic amines) is 1. The Hall–Kier alpha value is -0.593. The Bertz CT molecular complexity index is 443. The number of carbonyl (C=O) groups is 1. The number of nitrogens with zero attached hydrogens (tertiary/aromatic N) is 1. The first-order valence-corrected chi connectivity index (χ1v) is 12.4. The molecule has 0 aromatic rings. The van der Waals surface area contributed by atoms with E-state index in [-0.39, 0.29) is 11.1 Å². The molecule has 0 atom stereocenters. The van der Waals surface area contributed by atoms with Gasteiger partial charge in [0, 0.05) is 19.7 Å². The first-order chi connectivity index (χ1) is 11.2. The van der Waals surface area contributed by atoms with Crippen molar-refractivity contribution in [2.75, 3.05) is 19.7 Å². The second-order valence-electron chi connectivity index (χ2n) is 9.90. The van der Waals surface area contributed by atoms with E-state index < -0.39 is 19.5 Å². The Labute approximate surface area is 155 Å². The van der Waals surface area contributed by atoms with Crippen molar-refractivity contribution in [3.63, 3.8) is 0 Å². The highest BCUT2D eigenvalue weighted by Crippen LogP contribution is 2.37. The van der Waals surface area contributed by atoms with Crippen molar-refractivity contribution in [1.29, 1.82) is 0 Å². The van der Waals surface area contributed by atoms with Crippen LogP contribution in [-0.4, -0.2) is 55.3 Å². The van der Waals surface area contributed by atoms with E-state index in [2.05, 4.69) is 33.9 Å². The maximum atomic E-state index is 12.1. The van der Waals surface area contributed by atoms with Crippen LogP contribution in [0, 0.1) is 0 Å². The van der Waals surface area contributed by atoms with Gasteiger partial charge in [0.1, 0.15) is 5.60 Å². The van der Waals surface area contributed by atoms with Crippen molar-refractivity contribution in [1.82, 2.24) is 4.90 Å². The summed E-state index contributed by atoms with van der Waals surface area (Å²) in [5.74, 6) is 0. The minimum Gasteiger partial charge on any atom is -0.444 e. The van der Waals surface area contributed by atoms with E-state index in [4.69, 9.17) is 9.16 Å². The minimum absolute atomic E-state index is 0.211. The number of rotatable bonds is 5. The quantitative estimate of drug-likeness (QED) is 0.567. The molecule has 0 aromatic carbocycles. The average Bonchev–Trinajstić information content (AvgIpc) is 2.41. The van der Waals surface area contributed by atoms with Gasteiger partial charge in [-0.3, -0.25) is 0 Å². The maximum Gasteiger partial charge on any atom is 0.410 e. The highest BCUT2D eigenvalue weighted by molar-refractivity contribution is 6.74. The predicted octanol–water partition coefficient (Wildman–Crippen LogP) is 4.55. The lowest BCUT2D eigenvalue weighted by molar-refractivity contribution is -0.0391. The van der Waals surface area contributed by atoms with E-state index in [0.29, 0.717) is 32.5 Å². The number of hydrogen-bond acceptors (Lipinski definition) is 4. The molecule has 1 N–H and O–H groups in total. The third kappa shape index (κ3) is 7.27. The normalized spacial score (nSPS) is 19.0. The molecule has 0 bridgehead atoms. The maximum absolute atomic E-state index is 12.1. The summed E-state index contributed by atoms with van der Waals surface area (Å²) < 4.78 is 11.6. The molecular formula is C19H39NO4Si. The molecular weight excluding hydrogens is 334 g/mol. The van der Waals surface area contributed by atoms with Gasteiger partial charge in [-0.1, -0.05) is 20.8 Å². The van der Waals surface area contributed by atoms with Gasteiger partial charge in [-0.15, -0.1) is 0 Å². The summed E-state index contributed by atoms with van der Waals surface area (Å²) in [7, 11) is -1.72. The highest BCUT2D eigenvalue weighted by atomic mass is 28.4. The Morgan fingerprint density at radius 1 is 1.12 bits per heavy atom. The molecule has 1 aliphatic rings. The minimum atomic E-state index is -1.72. The predicted molar refractivity (Wildman–Crippen MR) is 104 cm³/mol. The summed E-state index contributed by atoms with van der Waals surface area (Å²) in [5.41, 5.74) is -1.17. The molecule has 1 heterocycles. The molecule has 6 heteroatoms. The fraction of sp³-hybridized carbons (Fsp3) is 0.947. The number of amides is 1. The third-order valence-electron chi connectivity index (χ3n) is 5.40. The monoisotopic (exact) mass is 373 g/mol. The van der Waals surface area contributed by atoms with Crippen molar-refractivity contribution in [3.05, 3.63) is 0 Å². The Morgan fingerprint density at radius 3 is 2.08 bits per heavy atom. The van der Waals surface area contributed by atoms with E-state index in [0.717, 1.165) is 12.8 Å². The standard InChI is InChI=1S/C19H39NO4Si/c1-17(2,3)24-16(21)20-13-11-19(22,12-14-20)10-9-15-23-25(7,8)18(4,5)6/h22H,9-15H2,1-8H3. The van der Waals surface area contributed by atoms with Gasteiger partial charge in [-0.25, -0.2) is 4.79 Å². The molecule has 1 fully saturated rings. The van der Waals surface area contributed by atoms with Crippen LogP contribution in [0.2, 0.25) is 18.1 Å². The number of piperidine rings is 1. The van der Waals surface area contributed by atoms with Crippen LogP contribution in [0.1, 0.15) is 67.2 Å². The molecule has 0 unspecified atom stereocenters. The average molecular weight is 374 g/mol. The van der Waals surface area contributed by atoms with Gasteiger partial charge in [0.15, 0.2) is 8.32 Å². The van der Waals surface area contributed by atoms with Crippen LogP contribution in [0.3, 0.4) is 0 Å². The van der Waals surface area contributed by atoms with Crippen LogP contribution in [0.25, 0.3) is 0 Å². The molecule has 25 heavy (non-hydrogen) atoms. The van der Waals surface area contributed by atoms with Gasteiger partial charge in [0.2, 0.25) is 0 Å². The number of aliphatic hydroxyl groups is 1. The van der Waals surface area contributed by atoms with Crippen molar-refractivity contribution in [3.8, 4) is 0 Å². The molecule has 0 radical (unpaired) electrons. The topological polar surface area (TPSA) is 59.0 Å². The molecule has 148 valence electrons. The van der Waals surface area contributed by atoms with Gasteiger partial charge >= 0.3 is 6.09 Å². The number of ether oxygens (including phenoxy) is 1.